The molecule has 2 aromatic carbocycles. The second kappa shape index (κ2) is 8.97. The molecule has 140 valence electrons. The highest BCUT2D eigenvalue weighted by Gasteiger charge is 2.13. The highest BCUT2D eigenvalue weighted by atomic mass is 35.5. The molecular weight excluding hydrogens is 389 g/mol. The van der Waals surface area contributed by atoms with Crippen molar-refractivity contribution in [3.8, 4) is 0 Å². The van der Waals surface area contributed by atoms with Crippen molar-refractivity contribution in [3.05, 3.63) is 94.2 Å². The van der Waals surface area contributed by atoms with Crippen molar-refractivity contribution in [2.45, 2.75) is 18.1 Å². The van der Waals surface area contributed by atoms with E-state index in [1.54, 1.807) is 36.4 Å². The number of nitrogens with one attached hydrogen (secondary N) is 1. The molecule has 7 heteroatoms. The third kappa shape index (κ3) is 5.77. The van der Waals surface area contributed by atoms with Gasteiger partial charge in [0.05, 0.1) is 5.75 Å². The molecule has 1 aromatic heterocycles. The van der Waals surface area contributed by atoms with Gasteiger partial charge < -0.3 is 9.73 Å². The van der Waals surface area contributed by atoms with E-state index in [-0.39, 0.29) is 29.8 Å². The van der Waals surface area contributed by atoms with Crippen LogP contribution in [0.2, 0.25) is 5.02 Å². The Kier molecular flexibility index (Phi) is 6.42. The summed E-state index contributed by atoms with van der Waals surface area (Å²) in [6, 6.07) is 16.3. The first kappa shape index (κ1) is 19.3. The Morgan fingerprint density at radius 2 is 1.81 bits per heavy atom. The molecular formula is C20H17ClFNO3S. The van der Waals surface area contributed by atoms with E-state index < -0.39 is 10.8 Å². The molecule has 0 aliphatic carbocycles. The van der Waals surface area contributed by atoms with Crippen molar-refractivity contribution in [3.63, 3.8) is 0 Å². The Morgan fingerprint density at radius 1 is 1.04 bits per heavy atom. The third-order valence-electron chi connectivity index (χ3n) is 3.77. The van der Waals surface area contributed by atoms with Crippen molar-refractivity contribution in [1.29, 1.82) is 0 Å². The zero-order chi connectivity index (χ0) is 19.2. The van der Waals surface area contributed by atoms with Gasteiger partial charge in [-0.1, -0.05) is 35.9 Å². The molecule has 0 fully saturated rings. The lowest BCUT2D eigenvalue weighted by atomic mass is 10.2. The van der Waals surface area contributed by atoms with Crippen LogP contribution in [0.1, 0.15) is 27.4 Å². The van der Waals surface area contributed by atoms with Gasteiger partial charge in [0.25, 0.3) is 5.91 Å². The van der Waals surface area contributed by atoms with Crippen LogP contribution in [0.15, 0.2) is 65.1 Å². The van der Waals surface area contributed by atoms with Gasteiger partial charge in [-0.25, -0.2) is 4.39 Å². The quantitative estimate of drug-likeness (QED) is 0.631. The van der Waals surface area contributed by atoms with Gasteiger partial charge in [0, 0.05) is 28.1 Å². The predicted molar refractivity (Wildman–Crippen MR) is 103 cm³/mol. The van der Waals surface area contributed by atoms with Crippen LogP contribution in [-0.2, 0) is 28.9 Å². The number of carbonyl (C=O) groups is 1. The smallest absolute Gasteiger partial charge is 0.287 e. The standard InChI is InChI=1S/C20H17ClFNO3S/c21-16-3-1-2-15(10-16)12-27(25)13-18-8-9-19(26-18)20(24)23-11-14-4-6-17(22)7-5-14/h1-10H,11-13H2,(H,23,24)/t27-/m0/s1. The minimum atomic E-state index is -1.19. The first-order chi connectivity index (χ1) is 13.0. The van der Waals surface area contributed by atoms with Crippen molar-refractivity contribution in [1.82, 2.24) is 5.32 Å². The zero-order valence-electron chi connectivity index (χ0n) is 14.3. The van der Waals surface area contributed by atoms with Crippen LogP contribution >= 0.6 is 11.6 Å². The van der Waals surface area contributed by atoms with E-state index >= 15 is 0 Å². The molecule has 0 radical (unpaired) electrons. The number of hydrogen-bond acceptors (Lipinski definition) is 3. The van der Waals surface area contributed by atoms with E-state index in [1.807, 2.05) is 12.1 Å². The van der Waals surface area contributed by atoms with E-state index in [9.17, 15) is 13.4 Å². The Morgan fingerprint density at radius 3 is 2.56 bits per heavy atom. The predicted octanol–water partition coefficient (Wildman–Crippen LogP) is 4.45. The maximum atomic E-state index is 12.9. The Labute approximate surface area is 163 Å². The van der Waals surface area contributed by atoms with Crippen molar-refractivity contribution in [2.24, 2.45) is 0 Å². The highest BCUT2D eigenvalue weighted by Crippen LogP contribution is 2.16. The largest absolute Gasteiger partial charge is 0.455 e. The number of carbonyl (C=O) groups excluding carboxylic acids is 1. The molecule has 0 saturated carbocycles. The summed E-state index contributed by atoms with van der Waals surface area (Å²) >= 11 is 5.93. The number of halogens is 2. The fraction of sp³-hybridized carbons (Fsp3) is 0.150. The average molecular weight is 406 g/mol. The maximum Gasteiger partial charge on any atom is 0.287 e. The Balaban J connectivity index is 1.53. The molecule has 0 spiro atoms. The number of rotatable bonds is 7. The Hall–Kier alpha value is -2.44. The number of amides is 1. The van der Waals surface area contributed by atoms with Gasteiger partial charge in [-0.2, -0.15) is 0 Å². The van der Waals surface area contributed by atoms with Crippen LogP contribution in [0.4, 0.5) is 4.39 Å². The van der Waals surface area contributed by atoms with Crippen molar-refractivity contribution in [2.75, 3.05) is 0 Å². The zero-order valence-corrected chi connectivity index (χ0v) is 15.9. The van der Waals surface area contributed by atoms with Crippen LogP contribution in [0.25, 0.3) is 0 Å². The lowest BCUT2D eigenvalue weighted by molar-refractivity contribution is 0.0921. The summed E-state index contributed by atoms with van der Waals surface area (Å²) in [6.45, 7) is 0.260. The average Bonchev–Trinajstić information content (AvgIpc) is 3.09. The van der Waals surface area contributed by atoms with E-state index in [2.05, 4.69) is 5.32 Å². The monoisotopic (exact) mass is 405 g/mol. The Bertz CT molecular complexity index is 956. The fourth-order valence-corrected chi connectivity index (χ4v) is 3.81. The first-order valence-corrected chi connectivity index (χ1v) is 10.1. The second-order valence-corrected chi connectivity index (χ2v) is 7.83. The summed E-state index contributed by atoms with van der Waals surface area (Å²) in [5, 5.41) is 3.30. The molecule has 27 heavy (non-hydrogen) atoms. The van der Waals surface area contributed by atoms with Gasteiger partial charge in [0.15, 0.2) is 5.76 Å². The maximum absolute atomic E-state index is 12.9. The lowest BCUT2D eigenvalue weighted by Gasteiger charge is -2.04. The van der Waals surface area contributed by atoms with Crippen LogP contribution in [-0.4, -0.2) is 10.1 Å². The van der Waals surface area contributed by atoms with Crippen LogP contribution < -0.4 is 5.32 Å². The molecule has 3 rings (SSSR count). The number of benzene rings is 2. The molecule has 0 saturated heterocycles. The summed E-state index contributed by atoms with van der Waals surface area (Å²) in [6.07, 6.45) is 0. The van der Waals surface area contributed by atoms with Gasteiger partial charge in [0.1, 0.15) is 11.6 Å². The molecule has 0 bridgehead atoms. The third-order valence-corrected chi connectivity index (χ3v) is 5.27. The van der Waals surface area contributed by atoms with E-state index in [4.69, 9.17) is 16.0 Å². The SMILES string of the molecule is O=C(NCc1ccc(F)cc1)c1ccc(C[S@@](=O)Cc2cccc(Cl)c2)o1. The van der Waals surface area contributed by atoms with Crippen LogP contribution in [0, 0.1) is 5.82 Å². The molecule has 0 aliphatic heterocycles. The number of hydrogen-bond donors (Lipinski definition) is 1. The van der Waals surface area contributed by atoms with E-state index in [0.29, 0.717) is 16.5 Å². The number of furan rings is 1. The molecule has 1 amide bonds. The molecule has 1 atom stereocenters. The normalized spacial score (nSPS) is 11.9. The molecule has 0 aliphatic rings. The van der Waals surface area contributed by atoms with Crippen molar-refractivity contribution >= 4 is 28.3 Å². The molecule has 1 heterocycles. The summed E-state index contributed by atoms with van der Waals surface area (Å²) in [7, 11) is -1.19. The molecule has 0 unspecified atom stereocenters. The summed E-state index contributed by atoms with van der Waals surface area (Å²) in [5.41, 5.74) is 1.66. The highest BCUT2D eigenvalue weighted by molar-refractivity contribution is 7.83. The van der Waals surface area contributed by atoms with Gasteiger partial charge >= 0.3 is 0 Å². The second-order valence-electron chi connectivity index (χ2n) is 5.93. The summed E-state index contributed by atoms with van der Waals surface area (Å²) in [5.74, 6) is 0.470. The van der Waals surface area contributed by atoms with Gasteiger partial charge in [-0.3, -0.25) is 9.00 Å². The minimum absolute atomic E-state index is 0.145. The summed E-state index contributed by atoms with van der Waals surface area (Å²) in [4.78, 5) is 12.1. The topological polar surface area (TPSA) is 59.3 Å². The van der Waals surface area contributed by atoms with Crippen LogP contribution in [0.3, 0.4) is 0 Å². The molecule has 1 N–H and O–H groups in total. The fourth-order valence-electron chi connectivity index (χ4n) is 2.47. The van der Waals surface area contributed by atoms with Gasteiger partial charge in [-0.05, 0) is 47.5 Å². The molecule has 3 aromatic rings. The summed E-state index contributed by atoms with van der Waals surface area (Å²) < 4.78 is 30.7. The minimum Gasteiger partial charge on any atom is -0.455 e. The van der Waals surface area contributed by atoms with E-state index in [0.717, 1.165) is 11.1 Å². The first-order valence-electron chi connectivity index (χ1n) is 8.20. The van der Waals surface area contributed by atoms with Gasteiger partial charge in [-0.15, -0.1) is 0 Å². The van der Waals surface area contributed by atoms with Gasteiger partial charge in [0.2, 0.25) is 0 Å². The van der Waals surface area contributed by atoms with E-state index in [1.165, 1.54) is 12.1 Å². The molecule has 4 nitrogen and oxygen atoms in total. The van der Waals surface area contributed by atoms with Crippen molar-refractivity contribution < 1.29 is 17.8 Å². The lowest BCUT2D eigenvalue weighted by Crippen LogP contribution is -2.22. The van der Waals surface area contributed by atoms with Crippen LogP contribution in [0.5, 0.6) is 0 Å².